The Bertz CT molecular complexity index is 622. The largest absolute Gasteiger partial charge is 0.493 e. The lowest BCUT2D eigenvalue weighted by molar-refractivity contribution is -0.196. The third kappa shape index (κ3) is 3.41. The Kier molecular flexibility index (Phi) is 4.27. The molecular weight excluding hydrogens is 316 g/mol. The number of hydrogen-bond donors (Lipinski definition) is 1. The van der Waals surface area contributed by atoms with Gasteiger partial charge in [-0.2, -0.15) is 0 Å². The SMILES string of the molecule is Cc1ccc(OCCCOC(=O)C23C[C@H]4C[C@@H](CC(O)(C4)C2)C3)cc1. The van der Waals surface area contributed by atoms with Gasteiger partial charge in [-0.1, -0.05) is 17.7 Å². The van der Waals surface area contributed by atoms with Gasteiger partial charge < -0.3 is 14.6 Å². The Balaban J connectivity index is 1.25. The van der Waals surface area contributed by atoms with Gasteiger partial charge in [0.1, 0.15) is 5.75 Å². The second-order valence-corrected chi connectivity index (χ2v) is 8.62. The van der Waals surface area contributed by atoms with Crippen LogP contribution in [-0.2, 0) is 9.53 Å². The van der Waals surface area contributed by atoms with E-state index in [0.29, 0.717) is 37.9 Å². The summed E-state index contributed by atoms with van der Waals surface area (Å²) in [4.78, 5) is 12.7. The first-order valence-electron chi connectivity index (χ1n) is 9.56. The number of ether oxygens (including phenoxy) is 2. The van der Waals surface area contributed by atoms with Crippen molar-refractivity contribution in [2.45, 2.75) is 57.5 Å². The van der Waals surface area contributed by atoms with E-state index in [0.717, 1.165) is 31.4 Å². The number of aryl methyl sites for hydroxylation is 1. The zero-order valence-electron chi connectivity index (χ0n) is 15.0. The number of aliphatic hydroxyl groups is 1. The van der Waals surface area contributed by atoms with Crippen molar-refractivity contribution in [3.05, 3.63) is 29.8 Å². The molecule has 25 heavy (non-hydrogen) atoms. The summed E-state index contributed by atoms with van der Waals surface area (Å²) in [5.74, 6) is 1.77. The van der Waals surface area contributed by atoms with Gasteiger partial charge in [0.25, 0.3) is 0 Å². The Hall–Kier alpha value is -1.55. The van der Waals surface area contributed by atoms with Gasteiger partial charge in [0, 0.05) is 6.42 Å². The molecule has 0 radical (unpaired) electrons. The van der Waals surface area contributed by atoms with Crippen LogP contribution in [0.4, 0.5) is 0 Å². The molecule has 0 saturated heterocycles. The molecule has 0 spiro atoms. The van der Waals surface area contributed by atoms with E-state index >= 15 is 0 Å². The maximum Gasteiger partial charge on any atom is 0.312 e. The topological polar surface area (TPSA) is 55.8 Å². The normalized spacial score (nSPS) is 35.6. The fraction of sp³-hybridized carbons (Fsp3) is 0.667. The van der Waals surface area contributed by atoms with E-state index in [9.17, 15) is 9.90 Å². The molecule has 4 aliphatic carbocycles. The first kappa shape index (κ1) is 16.9. The first-order valence-corrected chi connectivity index (χ1v) is 9.56. The van der Waals surface area contributed by atoms with E-state index in [-0.39, 0.29) is 5.97 Å². The summed E-state index contributed by atoms with van der Waals surface area (Å²) in [6.07, 6.45) is 6.04. The molecule has 136 valence electrons. The molecule has 4 fully saturated rings. The highest BCUT2D eigenvalue weighted by molar-refractivity contribution is 5.77. The van der Waals surface area contributed by atoms with E-state index in [4.69, 9.17) is 9.47 Å². The number of carbonyl (C=O) groups excluding carboxylic acids is 1. The molecule has 0 aromatic heterocycles. The Morgan fingerprint density at radius 3 is 2.44 bits per heavy atom. The van der Waals surface area contributed by atoms with Crippen LogP contribution in [0.5, 0.6) is 5.75 Å². The third-order valence-electron chi connectivity index (χ3n) is 6.27. The number of rotatable bonds is 6. The van der Waals surface area contributed by atoms with Gasteiger partial charge in [0.05, 0.1) is 24.2 Å². The molecule has 4 bridgehead atoms. The summed E-state index contributed by atoms with van der Waals surface area (Å²) in [6, 6.07) is 7.95. The van der Waals surface area contributed by atoms with E-state index in [2.05, 4.69) is 0 Å². The monoisotopic (exact) mass is 344 g/mol. The second kappa shape index (κ2) is 6.31. The lowest BCUT2D eigenvalue weighted by atomic mass is 9.48. The van der Waals surface area contributed by atoms with Crippen molar-refractivity contribution in [1.29, 1.82) is 0 Å². The van der Waals surface area contributed by atoms with Crippen LogP contribution in [0.25, 0.3) is 0 Å². The summed E-state index contributed by atoms with van der Waals surface area (Å²) < 4.78 is 11.3. The van der Waals surface area contributed by atoms with Crippen LogP contribution in [-0.4, -0.2) is 29.9 Å². The molecule has 4 saturated carbocycles. The van der Waals surface area contributed by atoms with Crippen molar-refractivity contribution in [3.8, 4) is 5.75 Å². The Morgan fingerprint density at radius 1 is 1.12 bits per heavy atom. The molecule has 1 aromatic carbocycles. The smallest absolute Gasteiger partial charge is 0.312 e. The molecule has 4 heteroatoms. The van der Waals surface area contributed by atoms with Crippen molar-refractivity contribution in [3.63, 3.8) is 0 Å². The Morgan fingerprint density at radius 2 is 1.80 bits per heavy atom. The first-order chi connectivity index (χ1) is 12.0. The summed E-state index contributed by atoms with van der Waals surface area (Å²) in [6.45, 7) is 2.98. The van der Waals surface area contributed by atoms with Crippen LogP contribution in [0.15, 0.2) is 24.3 Å². The minimum absolute atomic E-state index is 0.0876. The van der Waals surface area contributed by atoms with E-state index < -0.39 is 11.0 Å². The maximum atomic E-state index is 12.7. The minimum atomic E-state index is -0.613. The quantitative estimate of drug-likeness (QED) is 0.632. The van der Waals surface area contributed by atoms with Crippen LogP contribution >= 0.6 is 0 Å². The van der Waals surface area contributed by atoms with Crippen molar-refractivity contribution < 1.29 is 19.4 Å². The van der Waals surface area contributed by atoms with Crippen LogP contribution in [0.1, 0.15) is 50.5 Å². The lowest BCUT2D eigenvalue weighted by Gasteiger charge is -2.58. The molecule has 0 heterocycles. The lowest BCUT2D eigenvalue weighted by Crippen LogP contribution is -2.58. The Labute approximate surface area is 149 Å². The van der Waals surface area contributed by atoms with E-state index in [1.807, 2.05) is 31.2 Å². The predicted molar refractivity (Wildman–Crippen MR) is 94.3 cm³/mol. The summed E-state index contributed by atoms with van der Waals surface area (Å²) >= 11 is 0. The molecule has 0 unspecified atom stereocenters. The molecule has 0 aliphatic heterocycles. The summed E-state index contributed by atoms with van der Waals surface area (Å²) in [5.41, 5.74) is 0.174. The minimum Gasteiger partial charge on any atom is -0.493 e. The van der Waals surface area contributed by atoms with Crippen molar-refractivity contribution in [1.82, 2.24) is 0 Å². The van der Waals surface area contributed by atoms with Crippen molar-refractivity contribution >= 4 is 5.97 Å². The fourth-order valence-electron chi connectivity index (χ4n) is 5.65. The van der Waals surface area contributed by atoms with E-state index in [1.54, 1.807) is 0 Å². The highest BCUT2D eigenvalue weighted by Gasteiger charge is 2.60. The zero-order valence-corrected chi connectivity index (χ0v) is 15.0. The van der Waals surface area contributed by atoms with Gasteiger partial charge in [0.15, 0.2) is 0 Å². The number of hydrogen-bond acceptors (Lipinski definition) is 4. The average Bonchev–Trinajstić information content (AvgIpc) is 2.54. The molecular formula is C21H28O4. The molecule has 4 aliphatic rings. The van der Waals surface area contributed by atoms with Crippen LogP contribution in [0.2, 0.25) is 0 Å². The molecule has 2 atom stereocenters. The van der Waals surface area contributed by atoms with Gasteiger partial charge in [-0.3, -0.25) is 4.79 Å². The summed E-state index contributed by atoms with van der Waals surface area (Å²) in [5, 5.41) is 10.7. The third-order valence-corrected chi connectivity index (χ3v) is 6.27. The van der Waals surface area contributed by atoms with E-state index in [1.165, 1.54) is 12.0 Å². The van der Waals surface area contributed by atoms with Gasteiger partial charge in [-0.25, -0.2) is 0 Å². The zero-order chi connectivity index (χ0) is 17.5. The molecule has 1 N–H and O–H groups in total. The fourth-order valence-corrected chi connectivity index (χ4v) is 5.65. The average molecular weight is 344 g/mol. The number of carbonyl (C=O) groups is 1. The van der Waals surface area contributed by atoms with Gasteiger partial charge in [0.2, 0.25) is 0 Å². The second-order valence-electron chi connectivity index (χ2n) is 8.62. The number of benzene rings is 1. The standard InChI is InChI=1S/C21H28O4/c1-15-3-5-18(6-4-15)24-7-2-8-25-19(22)20-10-16-9-17(11-20)13-21(23,12-16)14-20/h3-6,16-17,23H,2,7-14H2,1H3/t16-,17-,20?,21?/m1/s1. The van der Waals surface area contributed by atoms with Gasteiger partial charge >= 0.3 is 5.97 Å². The van der Waals surface area contributed by atoms with Gasteiger partial charge in [-0.15, -0.1) is 0 Å². The molecule has 4 nitrogen and oxygen atoms in total. The van der Waals surface area contributed by atoms with Crippen molar-refractivity contribution in [2.24, 2.45) is 17.3 Å². The van der Waals surface area contributed by atoms with Crippen LogP contribution in [0.3, 0.4) is 0 Å². The molecule has 0 amide bonds. The number of esters is 1. The maximum absolute atomic E-state index is 12.7. The predicted octanol–water partition coefficient (Wildman–Crippen LogP) is 3.64. The van der Waals surface area contributed by atoms with Crippen molar-refractivity contribution in [2.75, 3.05) is 13.2 Å². The van der Waals surface area contributed by atoms with Crippen LogP contribution in [0, 0.1) is 24.2 Å². The molecule has 1 aromatic rings. The van der Waals surface area contributed by atoms with Crippen LogP contribution < -0.4 is 4.74 Å². The molecule has 5 rings (SSSR count). The highest BCUT2D eigenvalue weighted by Crippen LogP contribution is 2.61. The summed E-state index contributed by atoms with van der Waals surface area (Å²) in [7, 11) is 0. The highest BCUT2D eigenvalue weighted by atomic mass is 16.5. The van der Waals surface area contributed by atoms with Gasteiger partial charge in [-0.05, 0) is 69.4 Å².